The molecule has 0 unspecified atom stereocenters. The largest absolute Gasteiger partial charge is 0.361 e. The van der Waals surface area contributed by atoms with Crippen molar-refractivity contribution >= 4 is 5.91 Å². The van der Waals surface area contributed by atoms with E-state index in [1.165, 1.54) is 6.33 Å². The molecule has 0 saturated carbocycles. The van der Waals surface area contributed by atoms with Crippen LogP contribution in [0.25, 0.3) is 0 Å². The van der Waals surface area contributed by atoms with E-state index in [9.17, 15) is 4.79 Å². The van der Waals surface area contributed by atoms with Gasteiger partial charge in [0.1, 0.15) is 24.2 Å². The normalized spacial score (nSPS) is 14.0. The molecule has 1 aliphatic heterocycles. The molecule has 9 nitrogen and oxygen atoms in total. The summed E-state index contributed by atoms with van der Waals surface area (Å²) in [7, 11) is 0. The van der Waals surface area contributed by atoms with E-state index in [0.29, 0.717) is 37.6 Å². The summed E-state index contributed by atoms with van der Waals surface area (Å²) in [6, 6.07) is 1.65. The molecule has 0 N–H and O–H groups in total. The monoisotopic (exact) mass is 313 g/mol. The standard InChI is InChI=1S/C14H15N7O2/c1-10-4-12(18-23-10)14(22)20-3-2-19-5-11(17-13(19)7-20)6-21-9-15-8-16-21/h4-5,8-9H,2-3,6-7H2,1H3. The van der Waals surface area contributed by atoms with Crippen molar-refractivity contribution in [2.24, 2.45) is 0 Å². The SMILES string of the molecule is Cc1cc(C(=O)N2CCn3cc(Cn4cncn4)nc3C2)no1. The van der Waals surface area contributed by atoms with Crippen LogP contribution in [-0.2, 0) is 19.6 Å². The highest BCUT2D eigenvalue weighted by molar-refractivity contribution is 5.92. The van der Waals surface area contributed by atoms with Crippen molar-refractivity contribution in [1.82, 2.24) is 34.4 Å². The lowest BCUT2D eigenvalue weighted by Gasteiger charge is -2.26. The zero-order valence-electron chi connectivity index (χ0n) is 12.6. The number of hydrogen-bond acceptors (Lipinski definition) is 6. The van der Waals surface area contributed by atoms with E-state index >= 15 is 0 Å². The quantitative estimate of drug-likeness (QED) is 0.698. The topological polar surface area (TPSA) is 94.9 Å². The van der Waals surface area contributed by atoms with Crippen LogP contribution in [0.4, 0.5) is 0 Å². The maximum Gasteiger partial charge on any atom is 0.276 e. The number of hydrogen-bond donors (Lipinski definition) is 0. The molecule has 23 heavy (non-hydrogen) atoms. The number of rotatable bonds is 3. The molecule has 0 radical (unpaired) electrons. The maximum atomic E-state index is 12.4. The van der Waals surface area contributed by atoms with E-state index in [-0.39, 0.29) is 5.91 Å². The average Bonchev–Trinajstić information content (AvgIpc) is 3.26. The smallest absolute Gasteiger partial charge is 0.276 e. The van der Waals surface area contributed by atoms with Gasteiger partial charge in [0.05, 0.1) is 18.8 Å². The lowest BCUT2D eigenvalue weighted by Crippen LogP contribution is -2.38. The molecule has 0 atom stereocenters. The fourth-order valence-corrected chi connectivity index (χ4v) is 2.67. The number of carbonyl (C=O) groups is 1. The second-order valence-corrected chi connectivity index (χ2v) is 5.48. The fourth-order valence-electron chi connectivity index (χ4n) is 2.67. The van der Waals surface area contributed by atoms with Gasteiger partial charge in [-0.2, -0.15) is 5.10 Å². The Morgan fingerprint density at radius 3 is 3.04 bits per heavy atom. The summed E-state index contributed by atoms with van der Waals surface area (Å²) in [6.07, 6.45) is 5.15. The van der Waals surface area contributed by atoms with E-state index < -0.39 is 0 Å². The highest BCUT2D eigenvalue weighted by Gasteiger charge is 2.25. The van der Waals surface area contributed by atoms with Gasteiger partial charge >= 0.3 is 0 Å². The molecule has 0 spiro atoms. The molecule has 0 aromatic carbocycles. The van der Waals surface area contributed by atoms with E-state index in [1.54, 1.807) is 28.9 Å². The first kappa shape index (κ1) is 13.7. The van der Waals surface area contributed by atoms with Crippen molar-refractivity contribution in [1.29, 1.82) is 0 Å². The first-order chi connectivity index (χ1) is 11.2. The minimum Gasteiger partial charge on any atom is -0.361 e. The number of amides is 1. The van der Waals surface area contributed by atoms with E-state index in [2.05, 4.69) is 24.8 Å². The molecule has 1 aliphatic rings. The molecule has 3 aromatic rings. The second-order valence-electron chi connectivity index (χ2n) is 5.48. The average molecular weight is 313 g/mol. The summed E-state index contributed by atoms with van der Waals surface area (Å²) in [5.41, 5.74) is 1.24. The van der Waals surface area contributed by atoms with E-state index in [4.69, 9.17) is 4.52 Å². The molecule has 0 saturated heterocycles. The predicted octanol–water partition coefficient (Wildman–Crippen LogP) is 0.475. The van der Waals surface area contributed by atoms with Gasteiger partial charge in [0.2, 0.25) is 0 Å². The van der Waals surface area contributed by atoms with Crippen LogP contribution in [0.3, 0.4) is 0 Å². The van der Waals surface area contributed by atoms with Gasteiger partial charge in [-0.25, -0.2) is 14.6 Å². The summed E-state index contributed by atoms with van der Waals surface area (Å²) < 4.78 is 8.77. The third kappa shape index (κ3) is 2.60. The van der Waals surface area contributed by atoms with Crippen molar-refractivity contribution in [3.8, 4) is 0 Å². The van der Waals surface area contributed by atoms with Crippen LogP contribution in [0.15, 0.2) is 29.4 Å². The number of nitrogens with zero attached hydrogens (tertiary/aromatic N) is 7. The summed E-state index contributed by atoms with van der Waals surface area (Å²) in [4.78, 5) is 22.7. The predicted molar refractivity (Wildman–Crippen MR) is 77.3 cm³/mol. The molecule has 1 amide bonds. The van der Waals surface area contributed by atoms with Crippen molar-refractivity contribution in [3.63, 3.8) is 0 Å². The number of aromatic nitrogens is 6. The van der Waals surface area contributed by atoms with Gasteiger partial charge in [0.15, 0.2) is 5.69 Å². The third-order valence-corrected chi connectivity index (χ3v) is 3.78. The number of fused-ring (bicyclic) bond motifs is 1. The van der Waals surface area contributed by atoms with E-state index in [1.807, 2.05) is 6.20 Å². The first-order valence-corrected chi connectivity index (χ1v) is 7.29. The lowest BCUT2D eigenvalue weighted by molar-refractivity contribution is 0.0697. The Morgan fingerprint density at radius 1 is 1.39 bits per heavy atom. The van der Waals surface area contributed by atoms with Gasteiger partial charge in [-0.1, -0.05) is 5.16 Å². The Morgan fingerprint density at radius 2 is 2.30 bits per heavy atom. The molecular formula is C14H15N7O2. The number of carbonyl (C=O) groups excluding carboxylic acids is 1. The van der Waals surface area contributed by atoms with Crippen LogP contribution in [0.1, 0.15) is 27.8 Å². The fraction of sp³-hybridized carbons (Fsp3) is 0.357. The maximum absolute atomic E-state index is 12.4. The van der Waals surface area contributed by atoms with Crippen LogP contribution in [0.5, 0.6) is 0 Å². The summed E-state index contributed by atoms with van der Waals surface area (Å²) in [5.74, 6) is 1.36. The number of aryl methyl sites for hydroxylation is 1. The summed E-state index contributed by atoms with van der Waals surface area (Å²) in [6.45, 7) is 4.13. The summed E-state index contributed by atoms with van der Waals surface area (Å²) in [5, 5.41) is 7.87. The Labute approximate surface area is 131 Å². The highest BCUT2D eigenvalue weighted by Crippen LogP contribution is 2.16. The second kappa shape index (κ2) is 5.34. The van der Waals surface area contributed by atoms with Crippen LogP contribution < -0.4 is 0 Å². The van der Waals surface area contributed by atoms with Gasteiger partial charge in [-0.05, 0) is 6.92 Å². The van der Waals surface area contributed by atoms with Crippen molar-refractivity contribution in [3.05, 3.63) is 47.9 Å². The zero-order chi connectivity index (χ0) is 15.8. The Bertz CT molecular complexity index is 833. The van der Waals surface area contributed by atoms with Crippen LogP contribution in [0.2, 0.25) is 0 Å². The Hall–Kier alpha value is -2.97. The Kier molecular flexibility index (Phi) is 3.18. The van der Waals surface area contributed by atoms with Gasteiger partial charge < -0.3 is 14.0 Å². The highest BCUT2D eigenvalue weighted by atomic mass is 16.5. The van der Waals surface area contributed by atoms with Crippen LogP contribution >= 0.6 is 0 Å². The molecule has 4 rings (SSSR count). The third-order valence-electron chi connectivity index (χ3n) is 3.78. The van der Waals surface area contributed by atoms with Crippen LogP contribution in [0, 0.1) is 6.92 Å². The molecule has 0 aliphatic carbocycles. The molecule has 4 heterocycles. The minimum atomic E-state index is -0.131. The van der Waals surface area contributed by atoms with Gasteiger partial charge in [-0.3, -0.25) is 4.79 Å². The van der Waals surface area contributed by atoms with E-state index in [0.717, 1.165) is 11.5 Å². The summed E-state index contributed by atoms with van der Waals surface area (Å²) >= 11 is 0. The minimum absolute atomic E-state index is 0.131. The molecule has 118 valence electrons. The lowest BCUT2D eigenvalue weighted by atomic mass is 10.3. The van der Waals surface area contributed by atoms with Gasteiger partial charge in [-0.15, -0.1) is 0 Å². The van der Waals surface area contributed by atoms with Gasteiger partial charge in [0, 0.05) is 25.4 Å². The molecule has 3 aromatic heterocycles. The van der Waals surface area contributed by atoms with Crippen molar-refractivity contribution in [2.75, 3.05) is 6.54 Å². The zero-order valence-corrected chi connectivity index (χ0v) is 12.6. The van der Waals surface area contributed by atoms with Gasteiger partial charge in [0.25, 0.3) is 5.91 Å². The molecule has 0 bridgehead atoms. The molecule has 9 heteroatoms. The Balaban J connectivity index is 1.50. The van der Waals surface area contributed by atoms with Crippen molar-refractivity contribution in [2.45, 2.75) is 26.6 Å². The molecular weight excluding hydrogens is 298 g/mol. The van der Waals surface area contributed by atoms with Crippen LogP contribution in [-0.4, -0.2) is 46.8 Å². The van der Waals surface area contributed by atoms with Crippen molar-refractivity contribution < 1.29 is 9.32 Å². The molecule has 0 fully saturated rings. The number of imidazole rings is 1. The first-order valence-electron chi connectivity index (χ1n) is 7.29.